The largest absolute Gasteiger partial charge is 0.341 e. The van der Waals surface area contributed by atoms with Crippen LogP contribution in [0.1, 0.15) is 31.4 Å². The van der Waals surface area contributed by atoms with Crippen molar-refractivity contribution in [2.75, 3.05) is 20.1 Å². The Morgan fingerprint density at radius 2 is 2.37 bits per heavy atom. The second-order valence-electron chi connectivity index (χ2n) is 5.02. The van der Waals surface area contributed by atoms with Crippen molar-refractivity contribution in [3.8, 4) is 0 Å². The summed E-state index contributed by atoms with van der Waals surface area (Å²) in [5.41, 5.74) is 0.935. The van der Waals surface area contributed by atoms with Gasteiger partial charge in [-0.3, -0.25) is 9.48 Å². The average Bonchev–Trinajstić information content (AvgIpc) is 2.99. The zero-order chi connectivity index (χ0) is 13.1. The number of aryl methyl sites for hydroxylation is 1. The molecule has 5 nitrogen and oxygen atoms in total. The Balaban J connectivity index is 0.00000180. The minimum atomic E-state index is -0.269. The number of rotatable bonds is 4. The van der Waals surface area contributed by atoms with E-state index in [0.717, 1.165) is 31.5 Å². The van der Waals surface area contributed by atoms with Crippen LogP contribution in [-0.2, 0) is 11.8 Å². The van der Waals surface area contributed by atoms with Crippen molar-refractivity contribution in [3.05, 3.63) is 18.0 Å². The topological polar surface area (TPSA) is 50.2 Å². The number of hydrogen-bond acceptors (Lipinski definition) is 3. The Kier molecular flexibility index (Phi) is 5.82. The smallest absolute Gasteiger partial charge is 0.244 e. The molecule has 0 bridgehead atoms. The Bertz CT molecular complexity index is 421. The van der Waals surface area contributed by atoms with Gasteiger partial charge in [-0.15, -0.1) is 12.4 Å². The number of likely N-dealkylation sites (tertiary alicyclic amines) is 1. The van der Waals surface area contributed by atoms with Gasteiger partial charge < -0.3 is 10.2 Å². The number of nitrogens with one attached hydrogen (secondary N) is 1. The van der Waals surface area contributed by atoms with E-state index in [4.69, 9.17) is 0 Å². The number of amides is 1. The van der Waals surface area contributed by atoms with Crippen LogP contribution in [0.4, 0.5) is 0 Å². The third-order valence-electron chi connectivity index (χ3n) is 3.77. The Morgan fingerprint density at radius 3 is 2.84 bits per heavy atom. The molecule has 0 saturated carbocycles. The maximum Gasteiger partial charge on any atom is 0.244 e. The molecule has 108 valence electrons. The Labute approximate surface area is 120 Å². The molecular formula is C13H23ClN4O. The number of hydrogen-bond donors (Lipinski definition) is 1. The van der Waals surface area contributed by atoms with Gasteiger partial charge in [0.05, 0.1) is 6.20 Å². The highest BCUT2D eigenvalue weighted by Crippen LogP contribution is 2.23. The van der Waals surface area contributed by atoms with E-state index in [2.05, 4.69) is 17.3 Å². The van der Waals surface area contributed by atoms with Gasteiger partial charge in [0.2, 0.25) is 5.91 Å². The van der Waals surface area contributed by atoms with E-state index in [1.54, 1.807) is 10.9 Å². The number of carbonyl (C=O) groups excluding carboxylic acids is 1. The van der Waals surface area contributed by atoms with Gasteiger partial charge in [0.1, 0.15) is 6.04 Å². The van der Waals surface area contributed by atoms with E-state index < -0.39 is 0 Å². The minimum Gasteiger partial charge on any atom is -0.341 e. The normalized spacial score (nSPS) is 20.2. The first-order valence-electron chi connectivity index (χ1n) is 6.60. The molecule has 1 N–H and O–H groups in total. The summed E-state index contributed by atoms with van der Waals surface area (Å²) in [6.45, 7) is 3.97. The van der Waals surface area contributed by atoms with Crippen LogP contribution < -0.4 is 5.32 Å². The lowest BCUT2D eigenvalue weighted by Gasteiger charge is -2.22. The van der Waals surface area contributed by atoms with E-state index in [1.807, 2.05) is 25.2 Å². The number of nitrogens with zero attached hydrogens (tertiary/aromatic N) is 3. The van der Waals surface area contributed by atoms with Crippen molar-refractivity contribution in [1.29, 1.82) is 0 Å². The second-order valence-corrected chi connectivity index (χ2v) is 5.02. The fourth-order valence-corrected chi connectivity index (χ4v) is 2.57. The van der Waals surface area contributed by atoms with Gasteiger partial charge in [-0.05, 0) is 19.4 Å². The Hall–Kier alpha value is -1.07. The average molecular weight is 287 g/mol. The molecule has 2 heterocycles. The van der Waals surface area contributed by atoms with E-state index in [-0.39, 0.29) is 24.4 Å². The quantitative estimate of drug-likeness (QED) is 0.909. The van der Waals surface area contributed by atoms with Gasteiger partial charge in [-0.2, -0.15) is 5.10 Å². The summed E-state index contributed by atoms with van der Waals surface area (Å²) in [7, 11) is 3.69. The van der Waals surface area contributed by atoms with Crippen LogP contribution in [0.25, 0.3) is 0 Å². The summed E-state index contributed by atoms with van der Waals surface area (Å²) in [5.74, 6) is 0.835. The predicted molar refractivity (Wildman–Crippen MR) is 77.2 cm³/mol. The summed E-state index contributed by atoms with van der Waals surface area (Å²) in [6, 6.07) is -0.269. The Morgan fingerprint density at radius 1 is 1.63 bits per heavy atom. The first-order valence-corrected chi connectivity index (χ1v) is 6.60. The molecule has 1 fully saturated rings. The molecule has 0 aliphatic carbocycles. The van der Waals surface area contributed by atoms with Gasteiger partial charge in [0, 0.05) is 31.9 Å². The summed E-state index contributed by atoms with van der Waals surface area (Å²) in [5, 5.41) is 7.23. The monoisotopic (exact) mass is 286 g/mol. The zero-order valence-electron chi connectivity index (χ0n) is 11.8. The van der Waals surface area contributed by atoms with Gasteiger partial charge in [-0.25, -0.2) is 0 Å². The van der Waals surface area contributed by atoms with Crippen LogP contribution in [-0.4, -0.2) is 40.7 Å². The molecule has 0 radical (unpaired) electrons. The third-order valence-corrected chi connectivity index (χ3v) is 3.77. The molecule has 1 aliphatic heterocycles. The van der Waals surface area contributed by atoms with Crippen molar-refractivity contribution < 1.29 is 4.79 Å². The van der Waals surface area contributed by atoms with E-state index in [1.165, 1.54) is 0 Å². The van der Waals surface area contributed by atoms with Crippen molar-refractivity contribution in [1.82, 2.24) is 20.0 Å². The highest BCUT2D eigenvalue weighted by molar-refractivity contribution is 5.85. The molecule has 1 amide bonds. The first-order chi connectivity index (χ1) is 8.65. The molecule has 0 spiro atoms. The zero-order valence-corrected chi connectivity index (χ0v) is 12.6. The minimum absolute atomic E-state index is 0. The fourth-order valence-electron chi connectivity index (χ4n) is 2.57. The van der Waals surface area contributed by atoms with Gasteiger partial charge in [-0.1, -0.05) is 13.3 Å². The van der Waals surface area contributed by atoms with E-state index in [9.17, 15) is 4.79 Å². The molecule has 0 aromatic carbocycles. The van der Waals surface area contributed by atoms with Crippen LogP contribution in [0.15, 0.2) is 12.4 Å². The molecular weight excluding hydrogens is 264 g/mol. The van der Waals surface area contributed by atoms with Crippen LogP contribution in [0.2, 0.25) is 0 Å². The summed E-state index contributed by atoms with van der Waals surface area (Å²) in [6.07, 6.45) is 5.94. The van der Waals surface area contributed by atoms with Crippen molar-refractivity contribution in [2.24, 2.45) is 13.0 Å². The maximum absolute atomic E-state index is 12.5. The molecule has 6 heteroatoms. The summed E-state index contributed by atoms with van der Waals surface area (Å²) >= 11 is 0. The third kappa shape index (κ3) is 3.48. The van der Waals surface area contributed by atoms with Crippen molar-refractivity contribution in [3.63, 3.8) is 0 Å². The van der Waals surface area contributed by atoms with Gasteiger partial charge in [0.25, 0.3) is 0 Å². The maximum atomic E-state index is 12.5. The lowest BCUT2D eigenvalue weighted by molar-refractivity contribution is -0.132. The molecule has 2 rings (SSSR count). The number of likely N-dealkylation sites (N-methyl/N-ethyl adjacent to an activating group) is 1. The van der Waals surface area contributed by atoms with Crippen LogP contribution in [0, 0.1) is 5.92 Å². The lowest BCUT2D eigenvalue weighted by Crippen LogP contribution is -2.38. The molecule has 2 unspecified atom stereocenters. The van der Waals surface area contributed by atoms with Crippen LogP contribution in [0.5, 0.6) is 0 Å². The molecule has 1 saturated heterocycles. The number of carbonyl (C=O) groups is 1. The van der Waals surface area contributed by atoms with Crippen LogP contribution in [0.3, 0.4) is 0 Å². The first kappa shape index (κ1) is 16.0. The highest BCUT2D eigenvalue weighted by atomic mass is 35.5. The molecule has 19 heavy (non-hydrogen) atoms. The lowest BCUT2D eigenvalue weighted by atomic mass is 10.1. The predicted octanol–water partition coefficient (Wildman–Crippen LogP) is 1.36. The summed E-state index contributed by atoms with van der Waals surface area (Å²) < 4.78 is 1.73. The van der Waals surface area contributed by atoms with E-state index in [0.29, 0.717) is 5.92 Å². The molecule has 1 aromatic heterocycles. The number of aromatic nitrogens is 2. The van der Waals surface area contributed by atoms with Crippen molar-refractivity contribution >= 4 is 18.3 Å². The standard InChI is InChI=1S/C13H22N4O.ClH/c1-4-10-5-6-17(8-10)13(18)12(14-2)11-7-15-16(3)9-11;/h7,9-10,12,14H,4-6,8H2,1-3H3;1H. The SMILES string of the molecule is CCC1CCN(C(=O)C(NC)c2cnn(C)c2)C1.Cl. The van der Waals surface area contributed by atoms with Crippen LogP contribution >= 0.6 is 12.4 Å². The molecule has 1 aromatic rings. The molecule has 1 aliphatic rings. The van der Waals surface area contributed by atoms with Gasteiger partial charge >= 0.3 is 0 Å². The second kappa shape index (κ2) is 6.91. The number of halogens is 1. The molecule has 2 atom stereocenters. The summed E-state index contributed by atoms with van der Waals surface area (Å²) in [4.78, 5) is 14.4. The highest BCUT2D eigenvalue weighted by Gasteiger charge is 2.30. The van der Waals surface area contributed by atoms with Crippen molar-refractivity contribution in [2.45, 2.75) is 25.8 Å². The van der Waals surface area contributed by atoms with E-state index >= 15 is 0 Å². The fraction of sp³-hybridized carbons (Fsp3) is 0.692. The van der Waals surface area contributed by atoms with Gasteiger partial charge in [0.15, 0.2) is 0 Å².